The first kappa shape index (κ1) is 13.9. The molecule has 2 atom stereocenters. The molecular formula is C17H20N2O2. The van der Waals surface area contributed by atoms with Gasteiger partial charge in [0.1, 0.15) is 0 Å². The molecule has 0 aliphatic carbocycles. The third kappa shape index (κ3) is 2.58. The Morgan fingerprint density at radius 2 is 1.81 bits per heavy atom. The number of rotatable bonds is 2. The van der Waals surface area contributed by atoms with Crippen molar-refractivity contribution in [1.29, 1.82) is 0 Å². The largest absolute Gasteiger partial charge is 0.360 e. The summed E-state index contributed by atoms with van der Waals surface area (Å²) in [5.74, 6) is 0.119. The van der Waals surface area contributed by atoms with Gasteiger partial charge in [-0.25, -0.2) is 0 Å². The van der Waals surface area contributed by atoms with Crippen LogP contribution in [0.5, 0.6) is 0 Å². The predicted molar refractivity (Wildman–Crippen MR) is 82.2 cm³/mol. The molecular weight excluding hydrogens is 264 g/mol. The average molecular weight is 284 g/mol. The number of aromatic amines is 1. The number of benzene rings is 1. The molecule has 2 heterocycles. The molecule has 1 saturated heterocycles. The van der Waals surface area contributed by atoms with Crippen LogP contribution in [0.25, 0.3) is 10.9 Å². The zero-order chi connectivity index (χ0) is 15.0. The zero-order valence-electron chi connectivity index (χ0n) is 12.4. The number of ketones is 1. The van der Waals surface area contributed by atoms with Crippen molar-refractivity contribution < 1.29 is 9.59 Å². The monoisotopic (exact) mass is 284 g/mol. The summed E-state index contributed by atoms with van der Waals surface area (Å²) in [6, 6.07) is 7.56. The van der Waals surface area contributed by atoms with Gasteiger partial charge in [0.25, 0.3) is 11.7 Å². The normalized spacial score (nSPS) is 22.5. The van der Waals surface area contributed by atoms with Gasteiger partial charge >= 0.3 is 0 Å². The highest BCUT2D eigenvalue weighted by atomic mass is 16.2. The summed E-state index contributed by atoms with van der Waals surface area (Å²) in [6.45, 7) is 5.62. The number of amides is 1. The van der Waals surface area contributed by atoms with E-state index < -0.39 is 5.78 Å². The van der Waals surface area contributed by atoms with Crippen molar-refractivity contribution in [1.82, 2.24) is 9.88 Å². The molecule has 4 heteroatoms. The van der Waals surface area contributed by atoms with Gasteiger partial charge < -0.3 is 9.88 Å². The Kier molecular flexibility index (Phi) is 3.53. The third-order valence-electron chi connectivity index (χ3n) is 4.18. The first-order valence-corrected chi connectivity index (χ1v) is 7.46. The Bertz CT molecular complexity index is 679. The minimum atomic E-state index is -0.409. The number of para-hydroxylation sites is 1. The van der Waals surface area contributed by atoms with Gasteiger partial charge in [-0.3, -0.25) is 9.59 Å². The molecule has 1 aliphatic heterocycles. The minimum absolute atomic E-state index is 0.377. The fourth-order valence-corrected chi connectivity index (χ4v) is 3.35. The van der Waals surface area contributed by atoms with E-state index in [1.54, 1.807) is 11.1 Å². The van der Waals surface area contributed by atoms with Crippen molar-refractivity contribution in [3.63, 3.8) is 0 Å². The SMILES string of the molecule is CC1CC(C)CN(C(=O)C(=O)c2c[nH]c3ccccc23)C1. The van der Waals surface area contributed by atoms with E-state index in [0.29, 0.717) is 30.5 Å². The number of likely N-dealkylation sites (tertiary alicyclic amines) is 1. The fraction of sp³-hybridized carbons (Fsp3) is 0.412. The zero-order valence-corrected chi connectivity index (χ0v) is 12.4. The van der Waals surface area contributed by atoms with Gasteiger partial charge in [-0.2, -0.15) is 0 Å². The molecule has 2 aromatic rings. The Morgan fingerprint density at radius 3 is 2.52 bits per heavy atom. The Hall–Kier alpha value is -2.10. The summed E-state index contributed by atoms with van der Waals surface area (Å²) in [7, 11) is 0. The van der Waals surface area contributed by atoms with E-state index in [0.717, 1.165) is 17.3 Å². The standard InChI is InChI=1S/C17H20N2O2/c1-11-7-12(2)10-19(9-11)17(21)16(20)14-8-18-15-6-4-3-5-13(14)15/h3-6,8,11-12,18H,7,9-10H2,1-2H3. The number of hydrogen-bond acceptors (Lipinski definition) is 2. The second-order valence-corrected chi connectivity index (χ2v) is 6.23. The lowest BCUT2D eigenvalue weighted by Gasteiger charge is -2.34. The van der Waals surface area contributed by atoms with Crippen molar-refractivity contribution in [3.8, 4) is 0 Å². The molecule has 4 nitrogen and oxygen atoms in total. The Morgan fingerprint density at radius 1 is 1.14 bits per heavy atom. The topological polar surface area (TPSA) is 53.2 Å². The minimum Gasteiger partial charge on any atom is -0.360 e. The molecule has 2 unspecified atom stereocenters. The molecule has 0 spiro atoms. The summed E-state index contributed by atoms with van der Waals surface area (Å²) >= 11 is 0. The smallest absolute Gasteiger partial charge is 0.295 e. The third-order valence-corrected chi connectivity index (χ3v) is 4.18. The van der Waals surface area contributed by atoms with E-state index in [1.165, 1.54) is 0 Å². The molecule has 110 valence electrons. The van der Waals surface area contributed by atoms with E-state index in [4.69, 9.17) is 0 Å². The molecule has 1 N–H and O–H groups in total. The van der Waals surface area contributed by atoms with Gasteiger partial charge in [0.05, 0.1) is 5.56 Å². The van der Waals surface area contributed by atoms with Crippen molar-refractivity contribution in [3.05, 3.63) is 36.0 Å². The number of H-pyrrole nitrogens is 1. The van der Waals surface area contributed by atoms with Crippen LogP contribution in [0.15, 0.2) is 30.5 Å². The van der Waals surface area contributed by atoms with E-state index in [-0.39, 0.29) is 5.91 Å². The van der Waals surface area contributed by atoms with Crippen molar-refractivity contribution in [2.24, 2.45) is 11.8 Å². The predicted octanol–water partition coefficient (Wildman–Crippen LogP) is 2.86. The molecule has 1 fully saturated rings. The van der Waals surface area contributed by atoms with E-state index >= 15 is 0 Å². The lowest BCUT2D eigenvalue weighted by Crippen LogP contribution is -2.45. The molecule has 0 saturated carbocycles. The molecule has 1 aromatic heterocycles. The number of piperidine rings is 1. The van der Waals surface area contributed by atoms with Crippen LogP contribution in [-0.4, -0.2) is 34.7 Å². The lowest BCUT2D eigenvalue weighted by molar-refractivity contribution is -0.129. The van der Waals surface area contributed by atoms with E-state index in [1.807, 2.05) is 24.3 Å². The highest BCUT2D eigenvalue weighted by Gasteiger charge is 2.30. The van der Waals surface area contributed by atoms with Crippen LogP contribution in [0.2, 0.25) is 0 Å². The summed E-state index contributed by atoms with van der Waals surface area (Å²) in [4.78, 5) is 29.8. The van der Waals surface area contributed by atoms with Gasteiger partial charge in [-0.1, -0.05) is 32.0 Å². The first-order valence-electron chi connectivity index (χ1n) is 7.46. The molecule has 1 aliphatic rings. The van der Waals surface area contributed by atoms with Gasteiger partial charge in [0.15, 0.2) is 0 Å². The second kappa shape index (κ2) is 5.35. The maximum absolute atomic E-state index is 12.5. The van der Waals surface area contributed by atoms with Crippen LogP contribution in [-0.2, 0) is 4.79 Å². The van der Waals surface area contributed by atoms with Gasteiger partial charge in [0.2, 0.25) is 0 Å². The van der Waals surface area contributed by atoms with Crippen LogP contribution in [0, 0.1) is 11.8 Å². The number of fused-ring (bicyclic) bond motifs is 1. The Balaban J connectivity index is 1.86. The number of carbonyl (C=O) groups is 2. The van der Waals surface area contributed by atoms with Gasteiger partial charge in [-0.05, 0) is 24.3 Å². The fourth-order valence-electron chi connectivity index (χ4n) is 3.35. The quantitative estimate of drug-likeness (QED) is 0.681. The number of hydrogen-bond donors (Lipinski definition) is 1. The molecule has 1 aromatic carbocycles. The van der Waals surface area contributed by atoms with E-state index in [9.17, 15) is 9.59 Å². The number of Topliss-reactive ketones (excluding diaryl/α,β-unsaturated/α-hetero) is 1. The van der Waals surface area contributed by atoms with Crippen LogP contribution >= 0.6 is 0 Å². The molecule has 0 bridgehead atoms. The van der Waals surface area contributed by atoms with Crippen LogP contribution in [0.1, 0.15) is 30.6 Å². The number of aromatic nitrogens is 1. The van der Waals surface area contributed by atoms with Gasteiger partial charge in [-0.15, -0.1) is 0 Å². The summed E-state index contributed by atoms with van der Waals surface area (Å²) in [5.41, 5.74) is 1.36. The van der Waals surface area contributed by atoms with Gasteiger partial charge in [0, 0.05) is 30.2 Å². The highest BCUT2D eigenvalue weighted by molar-refractivity contribution is 6.44. The Labute approximate surface area is 124 Å². The number of nitrogens with zero attached hydrogens (tertiary/aromatic N) is 1. The maximum atomic E-state index is 12.5. The van der Waals surface area contributed by atoms with Crippen LogP contribution in [0.4, 0.5) is 0 Å². The van der Waals surface area contributed by atoms with Crippen molar-refractivity contribution >= 4 is 22.6 Å². The summed E-state index contributed by atoms with van der Waals surface area (Å²) in [5, 5.41) is 0.814. The average Bonchev–Trinajstić information content (AvgIpc) is 2.88. The molecule has 1 amide bonds. The van der Waals surface area contributed by atoms with Crippen molar-refractivity contribution in [2.75, 3.05) is 13.1 Å². The summed E-state index contributed by atoms with van der Waals surface area (Å²) < 4.78 is 0. The van der Waals surface area contributed by atoms with Crippen LogP contribution < -0.4 is 0 Å². The van der Waals surface area contributed by atoms with Crippen LogP contribution in [0.3, 0.4) is 0 Å². The molecule has 21 heavy (non-hydrogen) atoms. The van der Waals surface area contributed by atoms with Crippen molar-refractivity contribution in [2.45, 2.75) is 20.3 Å². The summed E-state index contributed by atoms with van der Waals surface area (Å²) in [6.07, 6.45) is 2.76. The maximum Gasteiger partial charge on any atom is 0.295 e. The van der Waals surface area contributed by atoms with E-state index in [2.05, 4.69) is 18.8 Å². The lowest BCUT2D eigenvalue weighted by atomic mass is 9.91. The highest BCUT2D eigenvalue weighted by Crippen LogP contribution is 2.23. The molecule has 3 rings (SSSR count). The second-order valence-electron chi connectivity index (χ2n) is 6.23. The molecule has 0 radical (unpaired) electrons. The first-order chi connectivity index (χ1) is 10.1. The number of carbonyl (C=O) groups excluding carboxylic acids is 2. The number of nitrogens with one attached hydrogen (secondary N) is 1.